The lowest BCUT2D eigenvalue weighted by Crippen LogP contribution is -2.43. The normalized spacial score (nSPS) is 15.4. The van der Waals surface area contributed by atoms with Crippen LogP contribution in [0.2, 0.25) is 0 Å². The molecule has 8 nitrogen and oxygen atoms in total. The summed E-state index contributed by atoms with van der Waals surface area (Å²) in [6, 6.07) is 1.75. The van der Waals surface area contributed by atoms with Crippen LogP contribution in [0.3, 0.4) is 0 Å². The van der Waals surface area contributed by atoms with Crippen molar-refractivity contribution in [3.05, 3.63) is 38.2 Å². The van der Waals surface area contributed by atoms with Gasteiger partial charge in [0.2, 0.25) is 0 Å². The standard InChI is InChI=1S/C19H27N5O3/c1-4-9-24-16-15(18(26)23-19(24)27)13(10-14(22-16)11(2)3)17(25)21-12-5-7-20-8-6-12/h10-12,20H,4-9H2,1-3H3,(H,21,25)(H,23,26,27). The van der Waals surface area contributed by atoms with Crippen LogP contribution in [0.15, 0.2) is 15.7 Å². The van der Waals surface area contributed by atoms with Gasteiger partial charge >= 0.3 is 5.69 Å². The van der Waals surface area contributed by atoms with Crippen LogP contribution in [0.25, 0.3) is 11.0 Å². The maximum Gasteiger partial charge on any atom is 0.329 e. The van der Waals surface area contributed by atoms with Crippen molar-refractivity contribution in [3.63, 3.8) is 0 Å². The average Bonchev–Trinajstić information content (AvgIpc) is 2.64. The van der Waals surface area contributed by atoms with Crippen molar-refractivity contribution in [2.75, 3.05) is 13.1 Å². The molecule has 2 aromatic rings. The van der Waals surface area contributed by atoms with E-state index in [2.05, 4.69) is 20.6 Å². The summed E-state index contributed by atoms with van der Waals surface area (Å²) in [5.74, 6) is -0.229. The number of hydrogen-bond acceptors (Lipinski definition) is 5. The quantitative estimate of drug-likeness (QED) is 0.727. The number of carbonyl (C=O) groups is 1. The lowest BCUT2D eigenvalue weighted by molar-refractivity contribution is 0.0931. The van der Waals surface area contributed by atoms with Crippen LogP contribution >= 0.6 is 0 Å². The summed E-state index contributed by atoms with van der Waals surface area (Å²) in [5.41, 5.74) is 0.196. The van der Waals surface area contributed by atoms with E-state index in [0.29, 0.717) is 18.7 Å². The Balaban J connectivity index is 2.17. The molecule has 1 amide bonds. The Kier molecular flexibility index (Phi) is 5.74. The number of carbonyl (C=O) groups excluding carboxylic acids is 1. The van der Waals surface area contributed by atoms with Crippen molar-refractivity contribution in [2.24, 2.45) is 0 Å². The predicted molar refractivity (Wildman–Crippen MR) is 104 cm³/mol. The molecule has 0 saturated carbocycles. The molecule has 8 heteroatoms. The van der Waals surface area contributed by atoms with Gasteiger partial charge in [-0.05, 0) is 44.3 Å². The van der Waals surface area contributed by atoms with Crippen molar-refractivity contribution in [1.29, 1.82) is 0 Å². The topological polar surface area (TPSA) is 109 Å². The number of amides is 1. The van der Waals surface area contributed by atoms with Crippen LogP contribution in [-0.2, 0) is 6.54 Å². The second-order valence-corrected chi connectivity index (χ2v) is 7.36. The Bertz CT molecular complexity index is 954. The van der Waals surface area contributed by atoms with Crippen molar-refractivity contribution in [3.8, 4) is 0 Å². The molecule has 0 atom stereocenters. The highest BCUT2D eigenvalue weighted by molar-refractivity contribution is 6.05. The minimum absolute atomic E-state index is 0.0595. The molecule has 1 fully saturated rings. The van der Waals surface area contributed by atoms with Crippen LogP contribution in [0, 0.1) is 0 Å². The monoisotopic (exact) mass is 373 g/mol. The Morgan fingerprint density at radius 3 is 2.67 bits per heavy atom. The number of aromatic nitrogens is 3. The number of fused-ring (bicyclic) bond motifs is 1. The fourth-order valence-corrected chi connectivity index (χ4v) is 3.43. The summed E-state index contributed by atoms with van der Waals surface area (Å²) in [4.78, 5) is 44.7. The van der Waals surface area contributed by atoms with E-state index in [0.717, 1.165) is 25.9 Å². The molecule has 0 aromatic carbocycles. The van der Waals surface area contributed by atoms with Gasteiger partial charge in [0.1, 0.15) is 0 Å². The fourth-order valence-electron chi connectivity index (χ4n) is 3.43. The number of H-pyrrole nitrogens is 1. The van der Waals surface area contributed by atoms with Gasteiger partial charge in [0.15, 0.2) is 5.65 Å². The average molecular weight is 373 g/mol. The zero-order valence-corrected chi connectivity index (χ0v) is 16.1. The summed E-state index contributed by atoms with van der Waals surface area (Å²) in [6.45, 7) is 8.03. The molecule has 1 saturated heterocycles. The molecule has 3 heterocycles. The van der Waals surface area contributed by atoms with Gasteiger partial charge in [-0.3, -0.25) is 19.1 Å². The highest BCUT2D eigenvalue weighted by Gasteiger charge is 2.23. The molecular formula is C19H27N5O3. The Morgan fingerprint density at radius 1 is 1.33 bits per heavy atom. The number of pyridine rings is 1. The molecule has 1 aliphatic heterocycles. The summed E-state index contributed by atoms with van der Waals surface area (Å²) in [6.07, 6.45) is 2.41. The highest BCUT2D eigenvalue weighted by Crippen LogP contribution is 2.20. The highest BCUT2D eigenvalue weighted by atomic mass is 16.2. The molecule has 146 valence electrons. The molecule has 1 aliphatic rings. The molecule has 0 radical (unpaired) electrons. The van der Waals surface area contributed by atoms with Gasteiger partial charge in [0, 0.05) is 18.3 Å². The lowest BCUT2D eigenvalue weighted by Gasteiger charge is -2.24. The molecule has 2 aromatic heterocycles. The number of aryl methyl sites for hydroxylation is 1. The Morgan fingerprint density at radius 2 is 2.04 bits per heavy atom. The summed E-state index contributed by atoms with van der Waals surface area (Å²) < 4.78 is 1.45. The first-order valence-electron chi connectivity index (χ1n) is 9.61. The fraction of sp³-hybridized carbons (Fsp3) is 0.579. The van der Waals surface area contributed by atoms with Crippen LogP contribution in [0.1, 0.15) is 62.0 Å². The molecule has 0 spiro atoms. The van der Waals surface area contributed by atoms with Crippen molar-refractivity contribution in [2.45, 2.75) is 58.5 Å². The lowest BCUT2D eigenvalue weighted by atomic mass is 10.0. The third kappa shape index (κ3) is 3.95. The smallest absolute Gasteiger partial charge is 0.329 e. The van der Waals surface area contributed by atoms with Crippen LogP contribution in [0.4, 0.5) is 0 Å². The van der Waals surface area contributed by atoms with E-state index in [1.54, 1.807) is 6.07 Å². The Labute approximate surface area is 157 Å². The number of hydrogen-bond donors (Lipinski definition) is 3. The van der Waals surface area contributed by atoms with Gasteiger partial charge in [0.05, 0.1) is 10.9 Å². The SMILES string of the molecule is CCCn1c(=O)[nH]c(=O)c2c(C(=O)NC3CCNCC3)cc(C(C)C)nc21. The number of rotatable bonds is 5. The number of nitrogens with zero attached hydrogens (tertiary/aromatic N) is 2. The third-order valence-corrected chi connectivity index (χ3v) is 4.93. The molecule has 0 unspecified atom stereocenters. The van der Waals surface area contributed by atoms with E-state index in [-0.39, 0.29) is 34.5 Å². The predicted octanol–water partition coefficient (Wildman–Crippen LogP) is 1.10. The van der Waals surface area contributed by atoms with E-state index in [9.17, 15) is 14.4 Å². The summed E-state index contributed by atoms with van der Waals surface area (Å²) in [7, 11) is 0. The first-order chi connectivity index (χ1) is 12.9. The van der Waals surface area contributed by atoms with Crippen LogP contribution in [-0.4, -0.2) is 39.6 Å². The summed E-state index contributed by atoms with van der Waals surface area (Å²) >= 11 is 0. The Hall–Kier alpha value is -2.48. The third-order valence-electron chi connectivity index (χ3n) is 4.93. The number of piperidine rings is 1. The number of nitrogens with one attached hydrogen (secondary N) is 3. The molecule has 3 rings (SSSR count). The van der Waals surface area contributed by atoms with Gasteiger partial charge in [-0.25, -0.2) is 9.78 Å². The molecular weight excluding hydrogens is 346 g/mol. The summed E-state index contributed by atoms with van der Waals surface area (Å²) in [5, 5.41) is 6.48. The second kappa shape index (κ2) is 8.04. The van der Waals surface area contributed by atoms with Gasteiger partial charge in [-0.1, -0.05) is 20.8 Å². The van der Waals surface area contributed by atoms with Gasteiger partial charge < -0.3 is 10.6 Å². The largest absolute Gasteiger partial charge is 0.349 e. The van der Waals surface area contributed by atoms with E-state index in [1.807, 2.05) is 20.8 Å². The van der Waals surface area contributed by atoms with Crippen LogP contribution in [0.5, 0.6) is 0 Å². The molecule has 0 aliphatic carbocycles. The molecule has 0 bridgehead atoms. The minimum atomic E-state index is -0.569. The minimum Gasteiger partial charge on any atom is -0.349 e. The maximum absolute atomic E-state index is 13.0. The second-order valence-electron chi connectivity index (χ2n) is 7.36. The van der Waals surface area contributed by atoms with E-state index >= 15 is 0 Å². The van der Waals surface area contributed by atoms with Gasteiger partial charge in [-0.15, -0.1) is 0 Å². The van der Waals surface area contributed by atoms with Crippen LogP contribution < -0.4 is 21.9 Å². The molecule has 27 heavy (non-hydrogen) atoms. The van der Waals surface area contributed by atoms with Crippen molar-refractivity contribution in [1.82, 2.24) is 25.2 Å². The van der Waals surface area contributed by atoms with Gasteiger partial charge in [0.25, 0.3) is 11.5 Å². The van der Waals surface area contributed by atoms with Crippen molar-refractivity contribution < 1.29 is 4.79 Å². The van der Waals surface area contributed by atoms with Gasteiger partial charge in [-0.2, -0.15) is 0 Å². The maximum atomic E-state index is 13.0. The molecule has 3 N–H and O–H groups in total. The first kappa shape index (κ1) is 19.3. The van der Waals surface area contributed by atoms with Crippen molar-refractivity contribution >= 4 is 16.9 Å². The van der Waals surface area contributed by atoms with E-state index < -0.39 is 11.2 Å². The van der Waals surface area contributed by atoms with E-state index in [1.165, 1.54) is 4.57 Å². The number of aromatic amines is 1. The zero-order valence-electron chi connectivity index (χ0n) is 16.1. The van der Waals surface area contributed by atoms with E-state index in [4.69, 9.17) is 0 Å². The first-order valence-corrected chi connectivity index (χ1v) is 9.61. The zero-order chi connectivity index (χ0) is 19.6.